The zero-order chi connectivity index (χ0) is 47.5. The van der Waals surface area contributed by atoms with Gasteiger partial charge in [-0.3, -0.25) is 25.7 Å². The molecule has 0 saturated heterocycles. The van der Waals surface area contributed by atoms with E-state index in [-0.39, 0.29) is 87.9 Å². The van der Waals surface area contributed by atoms with E-state index < -0.39 is 36.4 Å². The summed E-state index contributed by atoms with van der Waals surface area (Å²) in [6, 6.07) is 7.46. The van der Waals surface area contributed by atoms with E-state index in [1.165, 1.54) is 30.0 Å². The highest BCUT2D eigenvalue weighted by molar-refractivity contribution is 7.99. The number of hydrogen-bond acceptors (Lipinski definition) is 12. The largest absolute Gasteiger partial charge is 0.416 e. The van der Waals surface area contributed by atoms with Gasteiger partial charge in [0.25, 0.3) is 0 Å². The lowest BCUT2D eigenvalue weighted by Gasteiger charge is -2.19. The molecule has 4 aromatic rings. The van der Waals surface area contributed by atoms with Crippen molar-refractivity contribution in [3.8, 4) is 0 Å². The molecule has 0 unspecified atom stereocenters. The molecule has 6 amide bonds. The van der Waals surface area contributed by atoms with E-state index in [0.717, 1.165) is 35.2 Å². The van der Waals surface area contributed by atoms with Crippen LogP contribution in [0.15, 0.2) is 52.3 Å². The fraction of sp³-hybridized carbons (Fsp3) is 0.359. The van der Waals surface area contributed by atoms with Crippen LogP contribution in [-0.4, -0.2) is 78.5 Å². The summed E-state index contributed by atoms with van der Waals surface area (Å²) in [6.07, 6.45) is -2.82. The maximum atomic E-state index is 14.1. The molecule has 0 fully saturated rings. The normalized spacial score (nSPS) is 11.1. The van der Waals surface area contributed by atoms with Gasteiger partial charge in [0.15, 0.2) is 17.1 Å². The molecular formula is C39H51F4N15O4S3. The van der Waals surface area contributed by atoms with Crippen molar-refractivity contribution in [1.82, 2.24) is 15.6 Å². The molecule has 352 valence electrons. The number of urea groups is 2. The Labute approximate surface area is 383 Å². The van der Waals surface area contributed by atoms with Crippen LogP contribution in [0.2, 0.25) is 0 Å². The highest BCUT2D eigenvalue weighted by atomic mass is 32.2. The molecule has 26 heteroatoms. The number of nitrogens with two attached hydrogens (primary N) is 4. The lowest BCUT2D eigenvalue weighted by molar-refractivity contribution is -0.137. The van der Waals surface area contributed by atoms with Crippen molar-refractivity contribution in [2.75, 3.05) is 69.6 Å². The Balaban J connectivity index is 1.48. The van der Waals surface area contributed by atoms with E-state index in [2.05, 4.69) is 47.5 Å². The number of anilines is 6. The second kappa shape index (κ2) is 25.4. The maximum absolute atomic E-state index is 14.1. The first kappa shape index (κ1) is 51.5. The molecule has 65 heavy (non-hydrogen) atoms. The number of benzene rings is 3. The number of rotatable bonds is 23. The molecule has 0 aliphatic heterocycles. The molecule has 0 spiro atoms. The number of amides is 6. The molecular weight excluding hydrogens is 915 g/mol. The number of guanidine groups is 2. The van der Waals surface area contributed by atoms with Crippen LogP contribution in [0.3, 0.4) is 0 Å². The number of alkyl halides is 4. The van der Waals surface area contributed by atoms with Crippen molar-refractivity contribution < 1.29 is 36.7 Å². The third kappa shape index (κ3) is 17.1. The van der Waals surface area contributed by atoms with Gasteiger partial charge in [-0.25, -0.2) is 19.0 Å². The predicted octanol–water partition coefficient (Wildman–Crippen LogP) is 6.36. The molecule has 0 aliphatic rings. The topological polar surface area (TPSA) is 329 Å². The van der Waals surface area contributed by atoms with Gasteiger partial charge in [0.2, 0.25) is 11.8 Å². The first-order valence-corrected chi connectivity index (χ1v) is 22.7. The molecule has 3 aromatic carbocycles. The van der Waals surface area contributed by atoms with Gasteiger partial charge in [-0.15, -0.1) is 23.5 Å². The van der Waals surface area contributed by atoms with Gasteiger partial charge in [-0.2, -0.15) is 13.2 Å². The molecule has 1 aromatic heterocycles. The van der Waals surface area contributed by atoms with Gasteiger partial charge in [0.05, 0.1) is 48.3 Å². The molecule has 19 nitrogen and oxygen atoms in total. The van der Waals surface area contributed by atoms with Gasteiger partial charge < -0.3 is 60.2 Å². The number of carbonyl (C=O) groups is 4. The lowest BCUT2D eigenvalue weighted by atomic mass is 10.1. The highest BCUT2D eigenvalue weighted by Crippen LogP contribution is 2.42. The number of halogens is 4. The predicted molar refractivity (Wildman–Crippen MR) is 252 cm³/mol. The number of carbonyl (C=O) groups excluding carboxylic acids is 4. The van der Waals surface area contributed by atoms with Crippen molar-refractivity contribution in [3.05, 3.63) is 53.6 Å². The minimum atomic E-state index is -4.83. The molecule has 0 aliphatic carbocycles. The molecule has 0 bridgehead atoms. The fourth-order valence-electron chi connectivity index (χ4n) is 5.85. The quantitative estimate of drug-likeness (QED) is 0.0127. The Hall–Kier alpha value is -6.09. The maximum Gasteiger partial charge on any atom is 0.416 e. The molecule has 18 N–H and O–H groups in total. The number of thiazole rings is 1. The van der Waals surface area contributed by atoms with E-state index in [0.29, 0.717) is 65.3 Å². The number of nitrogens with one attached hydrogen (secondary N) is 10. The highest BCUT2D eigenvalue weighted by Gasteiger charge is 2.33. The van der Waals surface area contributed by atoms with Crippen molar-refractivity contribution in [1.29, 1.82) is 10.8 Å². The average molecular weight is 966 g/mol. The third-order valence-electron chi connectivity index (χ3n) is 8.65. The van der Waals surface area contributed by atoms with Gasteiger partial charge in [-0.1, -0.05) is 11.3 Å². The number of fused-ring (bicyclic) bond motifs is 1. The number of thioether (sulfide) groups is 2. The van der Waals surface area contributed by atoms with Crippen LogP contribution < -0.4 is 65.5 Å². The summed E-state index contributed by atoms with van der Waals surface area (Å²) in [5.41, 5.74) is 21.9. The molecule has 0 atom stereocenters. The summed E-state index contributed by atoms with van der Waals surface area (Å²) < 4.78 is 56.8. The Morgan fingerprint density at radius 3 is 1.66 bits per heavy atom. The van der Waals surface area contributed by atoms with Crippen molar-refractivity contribution >= 4 is 114 Å². The number of aromatic nitrogens is 1. The Morgan fingerprint density at radius 2 is 1.17 bits per heavy atom. The van der Waals surface area contributed by atoms with Crippen LogP contribution in [0, 0.1) is 10.8 Å². The van der Waals surface area contributed by atoms with Crippen molar-refractivity contribution in [3.63, 3.8) is 0 Å². The van der Waals surface area contributed by atoms with Crippen LogP contribution in [0.4, 0.5) is 60.7 Å². The fourth-order valence-corrected chi connectivity index (χ4v) is 8.45. The zero-order valence-corrected chi connectivity index (χ0v) is 37.3. The Bertz CT molecular complexity index is 2340. The zero-order valence-electron chi connectivity index (χ0n) is 34.9. The first-order chi connectivity index (χ1) is 31.0. The van der Waals surface area contributed by atoms with Crippen LogP contribution in [-0.2, 0) is 22.4 Å². The monoisotopic (exact) mass is 965 g/mol. The van der Waals surface area contributed by atoms with Gasteiger partial charge >= 0.3 is 18.2 Å². The second-order valence-electron chi connectivity index (χ2n) is 13.9. The first-order valence-electron chi connectivity index (χ1n) is 20.0. The van der Waals surface area contributed by atoms with Crippen LogP contribution in [0.1, 0.15) is 49.7 Å². The Morgan fingerprint density at radius 1 is 0.677 bits per heavy atom. The van der Waals surface area contributed by atoms with E-state index in [1.807, 2.05) is 0 Å². The molecule has 1 heterocycles. The number of unbranched alkanes of at least 4 members (excludes halogenated alkanes) is 2. The Kier molecular flexibility index (Phi) is 20.2. The summed E-state index contributed by atoms with van der Waals surface area (Å²) in [6.45, 7) is 0.289. The number of hydrogen-bond donors (Lipinski definition) is 14. The minimum absolute atomic E-state index is 0.0291. The van der Waals surface area contributed by atoms with E-state index >= 15 is 0 Å². The summed E-state index contributed by atoms with van der Waals surface area (Å²) in [7, 11) is 0. The van der Waals surface area contributed by atoms with Crippen molar-refractivity contribution in [2.24, 2.45) is 22.9 Å². The summed E-state index contributed by atoms with van der Waals surface area (Å²) in [4.78, 5) is 57.3. The number of nitrogens with zero attached hydrogens (tertiary/aromatic N) is 1. The molecule has 0 saturated carbocycles. The lowest BCUT2D eigenvalue weighted by Crippen LogP contribution is -2.31. The van der Waals surface area contributed by atoms with Gasteiger partial charge in [0, 0.05) is 56.2 Å². The van der Waals surface area contributed by atoms with Crippen LogP contribution in [0.5, 0.6) is 0 Å². The van der Waals surface area contributed by atoms with Crippen molar-refractivity contribution in [2.45, 2.75) is 61.2 Å². The standard InChI is InChI=1S/C39H51F4N15O4S3/c40-20-21-15-25(53-30(59)5-1-3-11-50-34(46)47)32(63-13-9-44)26(16-21)55-37(62)58-38-57-24-8-7-23(19-29(24)65-38)52-36(61)56-28-18-22(39(41,42)43)17-27(33(28)64-14-10-45)54-31(60)6-2-4-12-51-35(48)49/h7-8,15-19H,1-6,9-14,20,44-45H2,(H,53,59)(H,54,60)(H4,46,47,50)(H4,48,49,51)(H2,52,56,61)(H2,55,57,58,62). The van der Waals surface area contributed by atoms with E-state index in [4.69, 9.17) is 33.8 Å². The third-order valence-corrected chi connectivity index (χ3v) is 11.9. The van der Waals surface area contributed by atoms with Gasteiger partial charge in [0.1, 0.15) is 6.67 Å². The summed E-state index contributed by atoms with van der Waals surface area (Å²) >= 11 is 3.35. The van der Waals surface area contributed by atoms with Crippen LogP contribution in [0.25, 0.3) is 10.2 Å². The SMILES string of the molecule is N=C(N)NCCCCC(=O)Nc1cc(C(F)(F)F)cc(NC(=O)Nc2ccc3nc(NC(=O)Nc4cc(CF)cc(NC(=O)CCCCNC(=N)N)c4SCCN)sc3c2)c1SCCN. The summed E-state index contributed by atoms with van der Waals surface area (Å²) in [5, 5.41) is 35.6. The minimum Gasteiger partial charge on any atom is -0.370 e. The average Bonchev–Trinajstić information content (AvgIpc) is 3.63. The smallest absolute Gasteiger partial charge is 0.370 e. The molecule has 0 radical (unpaired) electrons. The van der Waals surface area contributed by atoms with Gasteiger partial charge in [-0.05, 0) is 73.7 Å². The van der Waals surface area contributed by atoms with E-state index in [1.54, 1.807) is 12.1 Å². The molecule has 4 rings (SSSR count). The van der Waals surface area contributed by atoms with E-state index in [9.17, 15) is 36.7 Å². The van der Waals surface area contributed by atoms with Crippen LogP contribution >= 0.6 is 34.9 Å². The summed E-state index contributed by atoms with van der Waals surface area (Å²) in [5.74, 6) is -0.631. The second-order valence-corrected chi connectivity index (χ2v) is 17.1.